The van der Waals surface area contributed by atoms with Crippen LogP contribution in [0.5, 0.6) is 0 Å². The maximum absolute atomic E-state index is 12.2. The highest BCUT2D eigenvalue weighted by atomic mass is 32.1. The van der Waals surface area contributed by atoms with Gasteiger partial charge >= 0.3 is 0 Å². The first-order chi connectivity index (χ1) is 12.1. The van der Waals surface area contributed by atoms with Crippen molar-refractivity contribution in [3.8, 4) is 0 Å². The summed E-state index contributed by atoms with van der Waals surface area (Å²) < 4.78 is 1.33. The average Bonchev–Trinajstić information content (AvgIpc) is 2.97. The molecule has 3 nitrogen and oxygen atoms in total. The minimum Gasteiger partial charge on any atom is -0.352 e. The number of fused-ring (bicyclic) bond motifs is 1. The Kier molecular flexibility index (Phi) is 5.84. The summed E-state index contributed by atoms with van der Waals surface area (Å²) in [5.74, 6) is 0.0777. The fourth-order valence-corrected chi connectivity index (χ4v) is 4.21. The average molecular weight is 353 g/mol. The van der Waals surface area contributed by atoms with Crippen LogP contribution in [0.1, 0.15) is 17.4 Å². The van der Waals surface area contributed by atoms with E-state index in [0.717, 1.165) is 18.7 Å². The molecule has 1 atom stereocenters. The number of likely N-dealkylation sites (N-methyl/N-ethyl adjacent to an activating group) is 1. The first kappa shape index (κ1) is 17.6. The standard InChI is InChI=1S/C21H24N2OS/c1-16(22-21(24)12-17-8-4-3-5-9-17)14-23(2)15-19-13-18-10-6-7-11-20(18)25-19/h3-11,13,16H,12,14-15H2,1-2H3,(H,22,24). The van der Waals surface area contributed by atoms with Gasteiger partial charge in [-0.3, -0.25) is 9.69 Å². The van der Waals surface area contributed by atoms with E-state index in [9.17, 15) is 4.79 Å². The molecule has 130 valence electrons. The van der Waals surface area contributed by atoms with Crippen molar-refractivity contribution in [1.82, 2.24) is 10.2 Å². The molecule has 1 N–H and O–H groups in total. The minimum absolute atomic E-state index is 0.0777. The van der Waals surface area contributed by atoms with E-state index in [2.05, 4.69) is 54.5 Å². The number of hydrogen-bond acceptors (Lipinski definition) is 3. The molecule has 0 spiro atoms. The van der Waals surface area contributed by atoms with Crippen molar-refractivity contribution in [3.05, 3.63) is 71.1 Å². The van der Waals surface area contributed by atoms with Crippen LogP contribution >= 0.6 is 11.3 Å². The molecule has 0 aliphatic carbocycles. The maximum atomic E-state index is 12.2. The van der Waals surface area contributed by atoms with E-state index in [1.54, 1.807) is 0 Å². The molecule has 0 saturated carbocycles. The molecule has 0 aliphatic heterocycles. The van der Waals surface area contributed by atoms with Crippen LogP contribution in [0.2, 0.25) is 0 Å². The van der Waals surface area contributed by atoms with E-state index >= 15 is 0 Å². The lowest BCUT2D eigenvalue weighted by atomic mass is 10.1. The highest BCUT2D eigenvalue weighted by Gasteiger charge is 2.12. The van der Waals surface area contributed by atoms with Gasteiger partial charge in [-0.1, -0.05) is 48.5 Å². The number of amides is 1. The maximum Gasteiger partial charge on any atom is 0.224 e. The van der Waals surface area contributed by atoms with Crippen molar-refractivity contribution in [1.29, 1.82) is 0 Å². The second-order valence-corrected chi connectivity index (χ2v) is 7.75. The Morgan fingerprint density at radius 3 is 2.60 bits per heavy atom. The van der Waals surface area contributed by atoms with E-state index < -0.39 is 0 Å². The van der Waals surface area contributed by atoms with Crippen molar-refractivity contribution in [3.63, 3.8) is 0 Å². The molecule has 1 heterocycles. The summed E-state index contributed by atoms with van der Waals surface area (Å²) in [6.07, 6.45) is 0.436. The molecule has 3 rings (SSSR count). The Balaban J connectivity index is 1.48. The lowest BCUT2D eigenvalue weighted by molar-refractivity contribution is -0.121. The molecule has 0 fully saturated rings. The molecule has 1 aromatic heterocycles. The summed E-state index contributed by atoms with van der Waals surface area (Å²) in [6.45, 7) is 3.79. The number of nitrogens with one attached hydrogen (secondary N) is 1. The molecule has 4 heteroatoms. The van der Waals surface area contributed by atoms with Gasteiger partial charge in [0.15, 0.2) is 0 Å². The lowest BCUT2D eigenvalue weighted by Gasteiger charge is -2.21. The van der Waals surface area contributed by atoms with Crippen molar-refractivity contribution < 1.29 is 4.79 Å². The van der Waals surface area contributed by atoms with Gasteiger partial charge in [0.2, 0.25) is 5.91 Å². The van der Waals surface area contributed by atoms with Gasteiger partial charge in [-0.25, -0.2) is 0 Å². The molecular weight excluding hydrogens is 328 g/mol. The third kappa shape index (κ3) is 5.15. The smallest absolute Gasteiger partial charge is 0.224 e. The molecule has 0 bridgehead atoms. The number of carbonyl (C=O) groups excluding carboxylic acids is 1. The molecule has 2 aromatic carbocycles. The molecule has 0 saturated heterocycles. The Morgan fingerprint density at radius 1 is 1.12 bits per heavy atom. The monoisotopic (exact) mass is 352 g/mol. The van der Waals surface area contributed by atoms with E-state index in [-0.39, 0.29) is 11.9 Å². The van der Waals surface area contributed by atoms with Crippen molar-refractivity contribution >= 4 is 27.3 Å². The number of rotatable bonds is 7. The third-order valence-electron chi connectivity index (χ3n) is 4.10. The Morgan fingerprint density at radius 2 is 1.84 bits per heavy atom. The second kappa shape index (κ2) is 8.28. The zero-order valence-electron chi connectivity index (χ0n) is 14.7. The van der Waals surface area contributed by atoms with Gasteiger partial charge in [0.25, 0.3) is 0 Å². The van der Waals surface area contributed by atoms with Crippen LogP contribution in [0.25, 0.3) is 10.1 Å². The highest BCUT2D eigenvalue weighted by molar-refractivity contribution is 7.19. The summed E-state index contributed by atoms with van der Waals surface area (Å²) in [7, 11) is 2.10. The molecule has 25 heavy (non-hydrogen) atoms. The summed E-state index contributed by atoms with van der Waals surface area (Å²) in [6, 6.07) is 20.7. The van der Waals surface area contributed by atoms with Crippen molar-refractivity contribution in [2.24, 2.45) is 0 Å². The van der Waals surface area contributed by atoms with Gasteiger partial charge in [0.05, 0.1) is 6.42 Å². The topological polar surface area (TPSA) is 32.3 Å². The van der Waals surface area contributed by atoms with E-state index in [4.69, 9.17) is 0 Å². The number of thiophene rings is 1. The van der Waals surface area contributed by atoms with Gasteiger partial charge in [-0.15, -0.1) is 11.3 Å². The number of carbonyl (C=O) groups is 1. The SMILES string of the molecule is CC(CN(C)Cc1cc2ccccc2s1)NC(=O)Cc1ccccc1. The predicted octanol–water partition coefficient (Wildman–Crippen LogP) is 4.08. The van der Waals surface area contributed by atoms with Crippen LogP contribution in [0, 0.1) is 0 Å². The molecule has 1 amide bonds. The molecule has 0 radical (unpaired) electrons. The fraction of sp³-hybridized carbons (Fsp3) is 0.286. The van der Waals surface area contributed by atoms with Crippen molar-refractivity contribution in [2.75, 3.05) is 13.6 Å². The zero-order chi connectivity index (χ0) is 17.6. The lowest BCUT2D eigenvalue weighted by Crippen LogP contribution is -2.41. The zero-order valence-corrected chi connectivity index (χ0v) is 15.6. The summed E-state index contributed by atoms with van der Waals surface area (Å²) >= 11 is 1.84. The predicted molar refractivity (Wildman–Crippen MR) is 106 cm³/mol. The molecule has 0 aliphatic rings. The summed E-state index contributed by atoms with van der Waals surface area (Å²) in [5.41, 5.74) is 1.05. The van der Waals surface area contributed by atoms with Gasteiger partial charge < -0.3 is 5.32 Å². The van der Waals surface area contributed by atoms with Gasteiger partial charge in [0.1, 0.15) is 0 Å². The van der Waals surface area contributed by atoms with Crippen LogP contribution in [-0.4, -0.2) is 30.4 Å². The Hall–Kier alpha value is -2.17. The van der Waals surface area contributed by atoms with E-state index in [0.29, 0.717) is 6.42 Å². The number of nitrogens with zero attached hydrogens (tertiary/aromatic N) is 1. The molecular formula is C21H24N2OS. The largest absolute Gasteiger partial charge is 0.352 e. The summed E-state index contributed by atoms with van der Waals surface area (Å²) in [4.78, 5) is 15.8. The van der Waals surface area contributed by atoms with Gasteiger partial charge in [-0.2, -0.15) is 0 Å². The minimum atomic E-state index is 0.0777. The van der Waals surface area contributed by atoms with Crippen molar-refractivity contribution in [2.45, 2.75) is 25.9 Å². The fourth-order valence-electron chi connectivity index (χ4n) is 3.07. The van der Waals surface area contributed by atoms with Crippen LogP contribution in [0.3, 0.4) is 0 Å². The Bertz CT molecular complexity index is 795. The molecule has 1 unspecified atom stereocenters. The Labute approximate surface area is 153 Å². The van der Waals surface area contributed by atoms with Gasteiger partial charge in [0, 0.05) is 28.7 Å². The van der Waals surface area contributed by atoms with Crippen LogP contribution in [0.15, 0.2) is 60.7 Å². The first-order valence-corrected chi connectivity index (χ1v) is 9.41. The molecule has 3 aromatic rings. The van der Waals surface area contributed by atoms with Gasteiger partial charge in [-0.05, 0) is 37.1 Å². The van der Waals surface area contributed by atoms with Crippen LogP contribution in [-0.2, 0) is 17.8 Å². The first-order valence-electron chi connectivity index (χ1n) is 8.59. The third-order valence-corrected chi connectivity index (χ3v) is 5.20. The normalized spacial score (nSPS) is 12.4. The summed E-state index contributed by atoms with van der Waals surface area (Å²) in [5, 5.41) is 4.40. The quantitative estimate of drug-likeness (QED) is 0.695. The van der Waals surface area contributed by atoms with Crippen LogP contribution in [0.4, 0.5) is 0 Å². The van der Waals surface area contributed by atoms with E-state index in [1.165, 1.54) is 15.0 Å². The van der Waals surface area contributed by atoms with E-state index in [1.807, 2.05) is 41.7 Å². The van der Waals surface area contributed by atoms with Crippen LogP contribution < -0.4 is 5.32 Å². The number of hydrogen-bond donors (Lipinski definition) is 1. The number of benzene rings is 2. The second-order valence-electron chi connectivity index (χ2n) is 6.58. The highest BCUT2D eigenvalue weighted by Crippen LogP contribution is 2.26.